The van der Waals surface area contributed by atoms with Crippen molar-refractivity contribution >= 4 is 30.8 Å². The molecule has 0 aliphatic heterocycles. The standard InChI is InChI=1S/C24H29N6O7P/c1-4-10-35-23(33)15(3)29-38(34,37-16-8-6-5-7-9-16)36-12-17-14(2)18(11-19(17)31)30-13-26-20-21(30)27-24(25)28-22(20)32/h4-9,13,15,17-19,31H,1-2,10-12H2,3H3,(H,29,34)(H3,25,27,28,32)/t15-,17-,18-,19-,38-/m0/s1. The zero-order chi connectivity index (χ0) is 27.4. The minimum atomic E-state index is -4.14. The lowest BCUT2D eigenvalue weighted by molar-refractivity contribution is -0.144. The summed E-state index contributed by atoms with van der Waals surface area (Å²) in [4.78, 5) is 35.1. The van der Waals surface area contributed by atoms with Crippen molar-refractivity contribution in [3.8, 4) is 5.75 Å². The predicted octanol–water partition coefficient (Wildman–Crippen LogP) is 2.09. The minimum absolute atomic E-state index is 0.0136. The molecule has 0 spiro atoms. The maximum Gasteiger partial charge on any atom is 0.459 e. The molecule has 1 aliphatic rings. The minimum Gasteiger partial charge on any atom is -0.460 e. The lowest BCUT2D eigenvalue weighted by Gasteiger charge is -2.25. The number of fused-ring (bicyclic) bond motifs is 1. The summed E-state index contributed by atoms with van der Waals surface area (Å²) in [6.45, 7) is 8.81. The van der Waals surface area contributed by atoms with Crippen LogP contribution in [-0.4, -0.2) is 56.0 Å². The molecule has 2 heterocycles. The van der Waals surface area contributed by atoms with E-state index in [9.17, 15) is 19.3 Å². The quantitative estimate of drug-likeness (QED) is 0.157. The van der Waals surface area contributed by atoms with Gasteiger partial charge in [-0.05, 0) is 31.1 Å². The van der Waals surface area contributed by atoms with Crippen molar-refractivity contribution in [1.29, 1.82) is 0 Å². The first kappa shape index (κ1) is 27.3. The van der Waals surface area contributed by atoms with Crippen LogP contribution in [0.2, 0.25) is 0 Å². The number of aromatic nitrogens is 4. The van der Waals surface area contributed by atoms with Gasteiger partial charge in [0.05, 0.1) is 25.1 Å². The average Bonchev–Trinajstić information content (AvgIpc) is 3.41. The number of para-hydroxylation sites is 1. The molecule has 0 radical (unpaired) electrons. The molecule has 5 atom stereocenters. The van der Waals surface area contributed by atoms with E-state index < -0.39 is 43.4 Å². The second-order valence-corrected chi connectivity index (χ2v) is 10.4. The van der Waals surface area contributed by atoms with Gasteiger partial charge in [0.25, 0.3) is 5.56 Å². The van der Waals surface area contributed by atoms with Crippen LogP contribution >= 0.6 is 7.75 Å². The van der Waals surface area contributed by atoms with Crippen LogP contribution in [0, 0.1) is 5.92 Å². The van der Waals surface area contributed by atoms with Crippen LogP contribution in [-0.2, 0) is 18.6 Å². The molecule has 2 aromatic heterocycles. The van der Waals surface area contributed by atoms with Crippen molar-refractivity contribution in [2.75, 3.05) is 18.9 Å². The van der Waals surface area contributed by atoms with Gasteiger partial charge >= 0.3 is 13.7 Å². The Bertz CT molecular complexity index is 1440. The number of ether oxygens (including phenoxy) is 1. The number of carbonyl (C=O) groups excluding carboxylic acids is 1. The average molecular weight is 545 g/mol. The number of H-pyrrole nitrogens is 1. The summed E-state index contributed by atoms with van der Waals surface area (Å²) >= 11 is 0. The molecule has 5 N–H and O–H groups in total. The number of hydrogen-bond donors (Lipinski definition) is 4. The van der Waals surface area contributed by atoms with E-state index in [4.69, 9.17) is 19.5 Å². The summed E-state index contributed by atoms with van der Waals surface area (Å²) in [5, 5.41) is 13.4. The Labute approximate surface area is 217 Å². The summed E-state index contributed by atoms with van der Waals surface area (Å²) in [6, 6.07) is 6.79. The Hall–Kier alpha value is -3.77. The number of esters is 1. The molecule has 0 saturated heterocycles. The van der Waals surface area contributed by atoms with Gasteiger partial charge in [-0.2, -0.15) is 10.1 Å². The number of nitrogens with two attached hydrogens (primary N) is 1. The summed E-state index contributed by atoms with van der Waals surface area (Å²) in [5.74, 6) is -1.16. The van der Waals surface area contributed by atoms with E-state index in [1.54, 1.807) is 34.9 Å². The van der Waals surface area contributed by atoms with Gasteiger partial charge in [0, 0.05) is 5.92 Å². The molecule has 0 amide bonds. The zero-order valence-electron chi connectivity index (χ0n) is 20.6. The molecule has 202 valence electrons. The number of hydrogen-bond acceptors (Lipinski definition) is 10. The molecule has 1 fully saturated rings. The van der Waals surface area contributed by atoms with Gasteiger partial charge in [-0.25, -0.2) is 9.55 Å². The van der Waals surface area contributed by atoms with Crippen molar-refractivity contribution in [3.63, 3.8) is 0 Å². The number of anilines is 1. The highest BCUT2D eigenvalue weighted by atomic mass is 31.2. The fourth-order valence-corrected chi connectivity index (χ4v) is 5.68. The first-order valence-electron chi connectivity index (χ1n) is 11.8. The molecule has 3 aromatic rings. The Morgan fingerprint density at radius 2 is 2.16 bits per heavy atom. The van der Waals surface area contributed by atoms with Crippen molar-refractivity contribution < 1.29 is 28.3 Å². The van der Waals surface area contributed by atoms with Gasteiger partial charge < -0.3 is 24.7 Å². The lowest BCUT2D eigenvalue weighted by atomic mass is 10.0. The van der Waals surface area contributed by atoms with E-state index in [0.29, 0.717) is 5.57 Å². The number of benzene rings is 1. The van der Waals surface area contributed by atoms with Crippen LogP contribution in [0.25, 0.3) is 11.2 Å². The van der Waals surface area contributed by atoms with Crippen LogP contribution in [0.1, 0.15) is 19.4 Å². The number of nitrogens with zero attached hydrogens (tertiary/aromatic N) is 3. The number of aromatic amines is 1. The highest BCUT2D eigenvalue weighted by Crippen LogP contribution is 2.48. The molecule has 1 aliphatic carbocycles. The summed E-state index contributed by atoms with van der Waals surface area (Å²) < 4.78 is 31.7. The molecule has 4 rings (SSSR count). The SMILES string of the molecule is C=CCOC(=O)[C@H](C)N[P@](=O)(OC[C@H]1C(=C)[C@@H](n2cnc3c(=O)[nH]c(N)nc32)C[C@@H]1O)Oc1ccccc1. The second kappa shape index (κ2) is 11.3. The third-order valence-electron chi connectivity index (χ3n) is 6.06. The van der Waals surface area contributed by atoms with E-state index in [-0.39, 0.29) is 42.5 Å². The predicted molar refractivity (Wildman–Crippen MR) is 139 cm³/mol. The highest BCUT2D eigenvalue weighted by molar-refractivity contribution is 7.52. The van der Waals surface area contributed by atoms with Crippen LogP contribution in [0.4, 0.5) is 5.95 Å². The van der Waals surface area contributed by atoms with Gasteiger partial charge in [0.2, 0.25) is 5.95 Å². The smallest absolute Gasteiger partial charge is 0.459 e. The molecule has 1 aromatic carbocycles. The van der Waals surface area contributed by atoms with Crippen LogP contribution in [0.15, 0.2) is 66.3 Å². The Morgan fingerprint density at radius 1 is 1.42 bits per heavy atom. The van der Waals surface area contributed by atoms with Crippen molar-refractivity contribution in [3.05, 3.63) is 71.8 Å². The second-order valence-electron chi connectivity index (χ2n) is 8.74. The van der Waals surface area contributed by atoms with Crippen molar-refractivity contribution in [2.45, 2.75) is 31.5 Å². The van der Waals surface area contributed by atoms with Crippen LogP contribution < -0.4 is 20.9 Å². The largest absolute Gasteiger partial charge is 0.460 e. The summed E-state index contributed by atoms with van der Waals surface area (Å²) in [7, 11) is -4.14. The number of aliphatic hydroxyl groups is 1. The molecule has 0 bridgehead atoms. The topological polar surface area (TPSA) is 184 Å². The van der Waals surface area contributed by atoms with E-state index in [1.807, 2.05) is 0 Å². The Morgan fingerprint density at radius 3 is 2.87 bits per heavy atom. The third kappa shape index (κ3) is 5.86. The summed E-state index contributed by atoms with van der Waals surface area (Å²) in [5.41, 5.74) is 6.11. The van der Waals surface area contributed by atoms with Crippen molar-refractivity contribution in [2.24, 2.45) is 5.92 Å². The molecule has 14 heteroatoms. The first-order chi connectivity index (χ1) is 18.1. The van der Waals surface area contributed by atoms with Gasteiger partial charge in [-0.3, -0.25) is 19.1 Å². The fraction of sp³-hybridized carbons (Fsp3) is 0.333. The van der Waals surface area contributed by atoms with Gasteiger partial charge in [0.15, 0.2) is 11.2 Å². The number of nitrogens with one attached hydrogen (secondary N) is 2. The molecular formula is C24H29N6O7P. The summed E-state index contributed by atoms with van der Waals surface area (Å²) in [6.07, 6.45) is 2.13. The Kier molecular flexibility index (Phi) is 8.12. The van der Waals surface area contributed by atoms with Gasteiger partial charge in [-0.15, -0.1) is 0 Å². The van der Waals surface area contributed by atoms with E-state index >= 15 is 0 Å². The number of aliphatic hydroxyl groups excluding tert-OH is 1. The molecule has 0 unspecified atom stereocenters. The lowest BCUT2D eigenvalue weighted by Crippen LogP contribution is -2.35. The first-order valence-corrected chi connectivity index (χ1v) is 13.3. The Balaban J connectivity index is 1.53. The maximum absolute atomic E-state index is 13.7. The monoisotopic (exact) mass is 544 g/mol. The number of carbonyl (C=O) groups is 1. The van der Waals surface area contributed by atoms with E-state index in [0.717, 1.165) is 0 Å². The van der Waals surface area contributed by atoms with E-state index in [2.05, 4.69) is 33.2 Å². The number of imidazole rings is 1. The molecule has 13 nitrogen and oxygen atoms in total. The van der Waals surface area contributed by atoms with Gasteiger partial charge in [0.1, 0.15) is 18.4 Å². The number of rotatable bonds is 11. The molecule has 38 heavy (non-hydrogen) atoms. The normalized spacial score (nSPS) is 21.6. The van der Waals surface area contributed by atoms with Gasteiger partial charge in [-0.1, -0.05) is 37.4 Å². The van der Waals surface area contributed by atoms with E-state index in [1.165, 1.54) is 19.3 Å². The zero-order valence-corrected chi connectivity index (χ0v) is 21.5. The van der Waals surface area contributed by atoms with Crippen LogP contribution in [0.3, 0.4) is 0 Å². The van der Waals surface area contributed by atoms with Crippen molar-refractivity contribution in [1.82, 2.24) is 24.6 Å². The number of nitrogen functional groups attached to an aromatic ring is 1. The van der Waals surface area contributed by atoms with Crippen LogP contribution in [0.5, 0.6) is 5.75 Å². The molecular weight excluding hydrogens is 515 g/mol. The highest BCUT2D eigenvalue weighted by Gasteiger charge is 2.41. The fourth-order valence-electron chi connectivity index (χ4n) is 4.16. The molecule has 1 saturated carbocycles. The maximum atomic E-state index is 13.7. The third-order valence-corrected chi connectivity index (χ3v) is 7.71.